The fourth-order valence-electron chi connectivity index (χ4n) is 1.97. The topological polar surface area (TPSA) is 72.0 Å². The van der Waals surface area contributed by atoms with Crippen LogP contribution in [0.4, 0.5) is 13.2 Å². The second-order valence-electron chi connectivity index (χ2n) is 5.96. The van der Waals surface area contributed by atoms with Crippen molar-refractivity contribution in [3.63, 3.8) is 0 Å². The molecule has 0 aliphatic heterocycles. The number of alkyl halides is 3. The number of aliphatic imine (C=N–C) groups is 1. The summed E-state index contributed by atoms with van der Waals surface area (Å²) in [6.07, 6.45) is -4.30. The smallest absolute Gasteiger partial charge is 0.422 e. The second-order valence-corrected chi connectivity index (χ2v) is 5.96. The van der Waals surface area contributed by atoms with E-state index in [2.05, 4.69) is 20.4 Å². The summed E-state index contributed by atoms with van der Waals surface area (Å²) >= 11 is 0. The lowest BCUT2D eigenvalue weighted by molar-refractivity contribution is -0.153. The lowest BCUT2D eigenvalue weighted by atomic mass is 10.2. The minimum Gasteiger partial charge on any atom is -0.484 e. The highest BCUT2D eigenvalue weighted by molar-refractivity contribution is 14.0. The molecule has 0 radical (unpaired) electrons. The molecule has 0 saturated carbocycles. The molecule has 1 aromatic carbocycles. The van der Waals surface area contributed by atoms with Crippen molar-refractivity contribution < 1.29 is 27.4 Å². The lowest BCUT2D eigenvalue weighted by Crippen LogP contribution is -2.38. The average molecular weight is 517 g/mol. The molecule has 0 unspecified atom stereocenters. The van der Waals surface area contributed by atoms with E-state index in [1.54, 1.807) is 26.0 Å². The van der Waals surface area contributed by atoms with Gasteiger partial charge in [0.2, 0.25) is 0 Å². The van der Waals surface area contributed by atoms with Gasteiger partial charge >= 0.3 is 12.1 Å². The number of guanidine groups is 1. The molecule has 0 heterocycles. The van der Waals surface area contributed by atoms with Gasteiger partial charge in [-0.25, -0.2) is 4.99 Å². The number of rotatable bonds is 9. The van der Waals surface area contributed by atoms with Crippen LogP contribution in [-0.4, -0.2) is 43.9 Å². The first kappa shape index (κ1) is 26.3. The van der Waals surface area contributed by atoms with E-state index in [1.165, 1.54) is 12.1 Å². The van der Waals surface area contributed by atoms with Crippen LogP contribution in [0.15, 0.2) is 29.3 Å². The Labute approximate surface area is 180 Å². The van der Waals surface area contributed by atoms with Gasteiger partial charge in [-0.15, -0.1) is 24.0 Å². The Hall–Kier alpha value is -1.72. The molecule has 0 amide bonds. The van der Waals surface area contributed by atoms with E-state index in [-0.39, 0.29) is 48.2 Å². The van der Waals surface area contributed by atoms with Crippen molar-refractivity contribution in [3.05, 3.63) is 29.8 Å². The van der Waals surface area contributed by atoms with E-state index in [4.69, 9.17) is 4.74 Å². The van der Waals surface area contributed by atoms with Gasteiger partial charge in [-0.1, -0.05) is 12.1 Å². The highest BCUT2D eigenvalue weighted by Crippen LogP contribution is 2.19. The highest BCUT2D eigenvalue weighted by Gasteiger charge is 2.28. The minimum atomic E-state index is -4.36. The third kappa shape index (κ3) is 12.6. The molecule has 6 nitrogen and oxygen atoms in total. The van der Waals surface area contributed by atoms with Crippen LogP contribution in [-0.2, 0) is 16.1 Å². The second kappa shape index (κ2) is 13.5. The molecule has 0 spiro atoms. The molecule has 2 N–H and O–H groups in total. The summed E-state index contributed by atoms with van der Waals surface area (Å²) in [7, 11) is 0. The number of ether oxygens (including phenoxy) is 2. The van der Waals surface area contributed by atoms with Gasteiger partial charge in [0.25, 0.3) is 0 Å². The summed E-state index contributed by atoms with van der Waals surface area (Å²) in [6.45, 7) is 5.52. The number of benzene rings is 1. The van der Waals surface area contributed by atoms with Gasteiger partial charge in [0.1, 0.15) is 5.75 Å². The Morgan fingerprint density at radius 3 is 2.36 bits per heavy atom. The van der Waals surface area contributed by atoms with E-state index in [9.17, 15) is 18.0 Å². The fourth-order valence-corrected chi connectivity index (χ4v) is 1.97. The Balaban J connectivity index is 0.00000729. The predicted octanol–water partition coefficient (Wildman–Crippen LogP) is 3.64. The molecular weight excluding hydrogens is 490 g/mol. The van der Waals surface area contributed by atoms with Crippen LogP contribution in [0.3, 0.4) is 0 Å². The average Bonchev–Trinajstić information content (AvgIpc) is 2.57. The van der Waals surface area contributed by atoms with Crippen LogP contribution in [0.2, 0.25) is 0 Å². The lowest BCUT2D eigenvalue weighted by Gasteiger charge is -2.12. The maximum absolute atomic E-state index is 12.1. The van der Waals surface area contributed by atoms with E-state index >= 15 is 0 Å². The molecule has 0 aliphatic rings. The third-order valence-corrected chi connectivity index (χ3v) is 3.08. The van der Waals surface area contributed by atoms with Crippen LogP contribution in [0.1, 0.15) is 32.8 Å². The number of esters is 1. The van der Waals surface area contributed by atoms with Crippen LogP contribution < -0.4 is 15.4 Å². The number of carbonyl (C=O) groups excluding carboxylic acids is 1. The maximum atomic E-state index is 12.1. The first-order valence-corrected chi connectivity index (χ1v) is 8.69. The summed E-state index contributed by atoms with van der Waals surface area (Å²) in [6, 6.07) is 6.25. The van der Waals surface area contributed by atoms with Crippen molar-refractivity contribution in [2.75, 3.05) is 19.7 Å². The number of hydrogen-bond acceptors (Lipinski definition) is 4. The zero-order chi connectivity index (χ0) is 20.3. The van der Waals surface area contributed by atoms with Crippen molar-refractivity contribution in [2.24, 2.45) is 4.99 Å². The summed E-state index contributed by atoms with van der Waals surface area (Å²) < 4.78 is 46.1. The number of halogens is 4. The Morgan fingerprint density at radius 1 is 1.18 bits per heavy atom. The summed E-state index contributed by atoms with van der Waals surface area (Å²) in [5, 5.41) is 6.08. The first-order valence-electron chi connectivity index (χ1n) is 8.69. The van der Waals surface area contributed by atoms with Crippen molar-refractivity contribution in [1.82, 2.24) is 10.6 Å². The number of carbonyl (C=O) groups is 1. The minimum absolute atomic E-state index is 0. The van der Waals surface area contributed by atoms with Gasteiger partial charge in [0, 0.05) is 13.1 Å². The SMILES string of the molecule is CCNC(=NCc1ccc(OCC(F)(F)F)cc1)NCCC(=O)OC(C)C.I. The summed E-state index contributed by atoms with van der Waals surface area (Å²) in [5.41, 5.74) is 0.811. The normalized spacial score (nSPS) is 11.6. The Kier molecular flexibility index (Phi) is 12.6. The Bertz CT molecular complexity index is 608. The molecule has 1 aromatic rings. The third-order valence-electron chi connectivity index (χ3n) is 3.08. The van der Waals surface area contributed by atoms with Gasteiger partial charge in [-0.3, -0.25) is 4.79 Å². The van der Waals surface area contributed by atoms with E-state index in [1.807, 2.05) is 6.92 Å². The molecule has 0 aliphatic carbocycles. The number of hydrogen-bond donors (Lipinski definition) is 2. The monoisotopic (exact) mass is 517 g/mol. The van der Waals surface area contributed by atoms with Gasteiger partial charge in [-0.2, -0.15) is 13.2 Å². The zero-order valence-corrected chi connectivity index (χ0v) is 18.5. The largest absolute Gasteiger partial charge is 0.484 e. The highest BCUT2D eigenvalue weighted by atomic mass is 127. The summed E-state index contributed by atoms with van der Waals surface area (Å²) in [5.74, 6) is 0.392. The van der Waals surface area contributed by atoms with Crippen molar-refractivity contribution in [2.45, 2.75) is 46.0 Å². The van der Waals surface area contributed by atoms with Gasteiger partial charge in [0.05, 0.1) is 19.1 Å². The molecule has 0 aromatic heterocycles. The van der Waals surface area contributed by atoms with Gasteiger partial charge in [0.15, 0.2) is 12.6 Å². The van der Waals surface area contributed by atoms with Crippen molar-refractivity contribution in [3.8, 4) is 5.75 Å². The molecule has 0 atom stereocenters. The number of nitrogens with one attached hydrogen (secondary N) is 2. The van der Waals surface area contributed by atoms with Gasteiger partial charge in [-0.05, 0) is 38.5 Å². The molecule has 28 heavy (non-hydrogen) atoms. The van der Waals surface area contributed by atoms with Gasteiger partial charge < -0.3 is 20.1 Å². The zero-order valence-electron chi connectivity index (χ0n) is 16.1. The van der Waals surface area contributed by atoms with Crippen LogP contribution in [0.5, 0.6) is 5.75 Å². The molecular formula is C18H27F3IN3O3. The summed E-state index contributed by atoms with van der Waals surface area (Å²) in [4.78, 5) is 15.9. The molecule has 0 saturated heterocycles. The predicted molar refractivity (Wildman–Crippen MR) is 112 cm³/mol. The fraction of sp³-hybridized carbons (Fsp3) is 0.556. The number of nitrogens with zero attached hydrogens (tertiary/aromatic N) is 1. The molecule has 160 valence electrons. The molecule has 0 fully saturated rings. The van der Waals surface area contributed by atoms with E-state index in [0.29, 0.717) is 25.6 Å². The van der Waals surface area contributed by atoms with E-state index in [0.717, 1.165) is 5.56 Å². The van der Waals surface area contributed by atoms with Crippen LogP contribution in [0, 0.1) is 0 Å². The molecule has 10 heteroatoms. The maximum Gasteiger partial charge on any atom is 0.422 e. The van der Waals surface area contributed by atoms with Crippen LogP contribution in [0.25, 0.3) is 0 Å². The Morgan fingerprint density at radius 2 is 1.82 bits per heavy atom. The van der Waals surface area contributed by atoms with Crippen molar-refractivity contribution >= 4 is 35.9 Å². The molecule has 0 bridgehead atoms. The quantitative estimate of drug-likeness (QED) is 0.227. The van der Waals surface area contributed by atoms with E-state index < -0.39 is 12.8 Å². The first-order chi connectivity index (χ1) is 12.7. The van der Waals surface area contributed by atoms with Crippen LogP contribution >= 0.6 is 24.0 Å². The van der Waals surface area contributed by atoms with Crippen molar-refractivity contribution in [1.29, 1.82) is 0 Å². The standard InChI is InChI=1S/C18H26F3N3O3.HI/c1-4-22-17(23-10-9-16(25)27-13(2)3)24-11-14-5-7-15(8-6-14)26-12-18(19,20)21;/h5-8,13H,4,9-12H2,1-3H3,(H2,22,23,24);1H. The molecule has 1 rings (SSSR count).